The van der Waals surface area contributed by atoms with Gasteiger partial charge in [-0.05, 0) is 31.7 Å². The first-order valence-corrected chi connectivity index (χ1v) is 8.09. The number of hydrogen-bond acceptors (Lipinski definition) is 5. The third-order valence-corrected chi connectivity index (χ3v) is 4.07. The van der Waals surface area contributed by atoms with E-state index in [1.807, 2.05) is 13.8 Å². The Labute approximate surface area is 145 Å². The first kappa shape index (κ1) is 18.6. The Hall–Kier alpha value is -2.75. The highest BCUT2D eigenvalue weighted by Gasteiger charge is 2.35. The lowest BCUT2D eigenvalue weighted by atomic mass is 9.75. The topological polar surface area (TPSA) is 120 Å². The van der Waals surface area contributed by atoms with Gasteiger partial charge in [0.05, 0.1) is 11.6 Å². The molecule has 0 fully saturated rings. The van der Waals surface area contributed by atoms with Crippen LogP contribution in [0.4, 0.5) is 0 Å². The number of carbonyl (C=O) groups is 3. The van der Waals surface area contributed by atoms with Crippen LogP contribution in [0.5, 0.6) is 0 Å². The van der Waals surface area contributed by atoms with Crippen molar-refractivity contribution in [3.8, 4) is 6.07 Å². The van der Waals surface area contributed by atoms with Gasteiger partial charge in [0.15, 0.2) is 17.5 Å². The Kier molecular flexibility index (Phi) is 4.93. The molecule has 0 saturated carbocycles. The predicted molar refractivity (Wildman–Crippen MR) is 90.2 cm³/mol. The zero-order valence-electron chi connectivity index (χ0n) is 14.7. The number of aromatic amines is 1. The number of nitriles is 1. The number of nitrogens with one attached hydrogen (secondary N) is 2. The van der Waals surface area contributed by atoms with Crippen molar-refractivity contribution < 1.29 is 14.4 Å². The number of nitrogens with zero attached hydrogens (tertiary/aromatic N) is 1. The zero-order valence-corrected chi connectivity index (χ0v) is 14.7. The van der Waals surface area contributed by atoms with Crippen molar-refractivity contribution in [2.24, 2.45) is 11.3 Å². The third kappa shape index (κ3) is 3.85. The Morgan fingerprint density at radius 1 is 1.28 bits per heavy atom. The van der Waals surface area contributed by atoms with E-state index in [-0.39, 0.29) is 28.4 Å². The summed E-state index contributed by atoms with van der Waals surface area (Å²) in [5.74, 6) is -3.46. The van der Waals surface area contributed by atoms with Crippen LogP contribution in [0.15, 0.2) is 10.9 Å². The van der Waals surface area contributed by atoms with Gasteiger partial charge in [0.1, 0.15) is 0 Å². The molecule has 0 aliphatic heterocycles. The van der Waals surface area contributed by atoms with Crippen LogP contribution < -0.4 is 10.9 Å². The second-order valence-electron chi connectivity index (χ2n) is 7.43. The zero-order chi connectivity index (χ0) is 18.9. The van der Waals surface area contributed by atoms with Crippen molar-refractivity contribution >= 4 is 17.5 Å². The number of rotatable bonds is 4. The molecule has 1 aliphatic rings. The SMILES string of the molecule is CC(C)NC(=O)C(C#N)C(=O)c1cc2c([nH]c1=O)CC(C)(C)CC2=O. The number of H-pyrrole nitrogens is 1. The molecule has 1 heterocycles. The van der Waals surface area contributed by atoms with E-state index in [1.54, 1.807) is 19.9 Å². The average Bonchev–Trinajstić information content (AvgIpc) is 2.44. The van der Waals surface area contributed by atoms with Gasteiger partial charge in [-0.3, -0.25) is 19.2 Å². The Bertz CT molecular complexity index is 843. The quantitative estimate of drug-likeness (QED) is 0.632. The summed E-state index contributed by atoms with van der Waals surface area (Å²) in [6.07, 6.45) is 0.808. The molecule has 1 aromatic heterocycles. The molecule has 0 saturated heterocycles. The standard InChI is InChI=1S/C18H21N3O4/c1-9(2)20-17(25)12(8-19)15(23)11-5-10-13(21-16(11)24)6-18(3,4)7-14(10)22/h5,9,12H,6-7H2,1-4H3,(H,20,25)(H,21,24). The van der Waals surface area contributed by atoms with Crippen molar-refractivity contribution in [2.75, 3.05) is 0 Å². The number of aromatic nitrogens is 1. The van der Waals surface area contributed by atoms with Crippen LogP contribution in [-0.4, -0.2) is 28.5 Å². The van der Waals surface area contributed by atoms with Crippen LogP contribution in [0.1, 0.15) is 60.5 Å². The molecule has 1 unspecified atom stereocenters. The van der Waals surface area contributed by atoms with E-state index in [9.17, 15) is 24.4 Å². The van der Waals surface area contributed by atoms with Crippen LogP contribution in [0.2, 0.25) is 0 Å². The molecule has 7 nitrogen and oxygen atoms in total. The lowest BCUT2D eigenvalue weighted by molar-refractivity contribution is -0.122. The van der Waals surface area contributed by atoms with Gasteiger partial charge in [0.25, 0.3) is 5.56 Å². The number of fused-ring (bicyclic) bond motifs is 1. The van der Waals surface area contributed by atoms with E-state index in [0.29, 0.717) is 18.5 Å². The smallest absolute Gasteiger partial charge is 0.259 e. The minimum absolute atomic E-state index is 0.170. The molecule has 0 aromatic carbocycles. The fourth-order valence-corrected chi connectivity index (χ4v) is 2.97. The summed E-state index contributed by atoms with van der Waals surface area (Å²) < 4.78 is 0. The van der Waals surface area contributed by atoms with Crippen LogP contribution in [0, 0.1) is 22.7 Å². The molecular weight excluding hydrogens is 322 g/mol. The van der Waals surface area contributed by atoms with Crippen LogP contribution in [0.25, 0.3) is 0 Å². The largest absolute Gasteiger partial charge is 0.352 e. The molecule has 1 atom stereocenters. The van der Waals surface area contributed by atoms with Crippen molar-refractivity contribution in [2.45, 2.75) is 46.6 Å². The summed E-state index contributed by atoms with van der Waals surface area (Å²) >= 11 is 0. The molecular formula is C18H21N3O4. The number of hydrogen-bond donors (Lipinski definition) is 2. The first-order chi connectivity index (χ1) is 11.6. The number of carbonyl (C=O) groups excluding carboxylic acids is 3. The van der Waals surface area contributed by atoms with Gasteiger partial charge < -0.3 is 10.3 Å². The Morgan fingerprint density at radius 3 is 2.48 bits per heavy atom. The second-order valence-corrected chi connectivity index (χ2v) is 7.43. The van der Waals surface area contributed by atoms with Gasteiger partial charge in [0, 0.05) is 23.7 Å². The normalized spacial score (nSPS) is 16.7. The monoisotopic (exact) mass is 343 g/mol. The molecule has 25 heavy (non-hydrogen) atoms. The van der Waals surface area contributed by atoms with E-state index in [1.165, 1.54) is 6.07 Å². The lowest BCUT2D eigenvalue weighted by Crippen LogP contribution is -2.40. The summed E-state index contributed by atoms with van der Waals surface area (Å²) in [6.45, 7) is 7.24. The van der Waals surface area contributed by atoms with Crippen LogP contribution >= 0.6 is 0 Å². The van der Waals surface area contributed by atoms with E-state index in [4.69, 9.17) is 0 Å². The minimum atomic E-state index is -1.63. The maximum atomic E-state index is 12.5. The van der Waals surface area contributed by atoms with Crippen molar-refractivity contribution in [1.82, 2.24) is 10.3 Å². The fraction of sp³-hybridized carbons (Fsp3) is 0.500. The number of Topliss-reactive ketones (excluding diaryl/α,β-unsaturated/α-hetero) is 2. The maximum absolute atomic E-state index is 12.5. The molecule has 0 spiro atoms. The number of amides is 1. The third-order valence-electron chi connectivity index (χ3n) is 4.07. The van der Waals surface area contributed by atoms with Gasteiger partial charge >= 0.3 is 0 Å². The van der Waals surface area contributed by atoms with Gasteiger partial charge in [-0.1, -0.05) is 13.8 Å². The summed E-state index contributed by atoms with van der Waals surface area (Å²) in [7, 11) is 0. The highest BCUT2D eigenvalue weighted by atomic mass is 16.2. The second kappa shape index (κ2) is 6.63. The van der Waals surface area contributed by atoms with E-state index in [2.05, 4.69) is 10.3 Å². The van der Waals surface area contributed by atoms with Gasteiger partial charge in [-0.2, -0.15) is 5.26 Å². The summed E-state index contributed by atoms with van der Waals surface area (Å²) in [6, 6.07) is 2.61. The molecule has 1 amide bonds. The molecule has 132 valence electrons. The molecule has 2 rings (SSSR count). The van der Waals surface area contributed by atoms with Crippen LogP contribution in [0.3, 0.4) is 0 Å². The first-order valence-electron chi connectivity index (χ1n) is 8.09. The number of ketones is 2. The Balaban J connectivity index is 2.44. The molecule has 1 aromatic rings. The highest BCUT2D eigenvalue weighted by molar-refractivity contribution is 6.13. The summed E-state index contributed by atoms with van der Waals surface area (Å²) in [5, 5.41) is 11.7. The van der Waals surface area contributed by atoms with E-state index < -0.39 is 23.2 Å². The summed E-state index contributed by atoms with van der Waals surface area (Å²) in [4.78, 5) is 51.7. The lowest BCUT2D eigenvalue weighted by Gasteiger charge is -2.29. The molecule has 0 bridgehead atoms. The maximum Gasteiger partial charge on any atom is 0.259 e. The van der Waals surface area contributed by atoms with Crippen LogP contribution in [-0.2, 0) is 11.2 Å². The number of pyridine rings is 1. The van der Waals surface area contributed by atoms with Gasteiger partial charge in [-0.25, -0.2) is 0 Å². The van der Waals surface area contributed by atoms with Crippen molar-refractivity contribution in [1.29, 1.82) is 5.26 Å². The summed E-state index contributed by atoms with van der Waals surface area (Å²) in [5.41, 5.74) is -0.527. The van der Waals surface area contributed by atoms with Gasteiger partial charge in [-0.15, -0.1) is 0 Å². The molecule has 1 aliphatic carbocycles. The Morgan fingerprint density at radius 2 is 1.92 bits per heavy atom. The molecule has 0 radical (unpaired) electrons. The fourth-order valence-electron chi connectivity index (χ4n) is 2.97. The average molecular weight is 343 g/mol. The van der Waals surface area contributed by atoms with E-state index >= 15 is 0 Å². The molecule has 7 heteroatoms. The van der Waals surface area contributed by atoms with Gasteiger partial charge in [0.2, 0.25) is 5.91 Å². The highest BCUT2D eigenvalue weighted by Crippen LogP contribution is 2.33. The molecule has 2 N–H and O–H groups in total. The van der Waals surface area contributed by atoms with Crippen molar-refractivity contribution in [3.05, 3.63) is 33.2 Å². The van der Waals surface area contributed by atoms with Crippen molar-refractivity contribution in [3.63, 3.8) is 0 Å². The predicted octanol–water partition coefficient (Wildman–Crippen LogP) is 1.38. The minimum Gasteiger partial charge on any atom is -0.352 e. The van der Waals surface area contributed by atoms with E-state index in [0.717, 1.165) is 0 Å².